The predicted octanol–water partition coefficient (Wildman–Crippen LogP) is 2.88. The molecule has 1 heterocycles. The molecule has 0 aliphatic carbocycles. The minimum Gasteiger partial charge on any atom is -0.385 e. The van der Waals surface area contributed by atoms with E-state index in [1.807, 2.05) is 36.4 Å². The number of nitrogens with two attached hydrogens (primary N) is 1. The monoisotopic (exact) mass is 306 g/mol. The number of aliphatic hydroxyl groups is 1. The van der Waals surface area contributed by atoms with E-state index in [1.54, 1.807) is 13.1 Å². The summed E-state index contributed by atoms with van der Waals surface area (Å²) in [6.45, 7) is 1.78. The molecule has 0 radical (unpaired) electrons. The summed E-state index contributed by atoms with van der Waals surface area (Å²) in [4.78, 5) is 4.03. The van der Waals surface area contributed by atoms with Gasteiger partial charge in [0.25, 0.3) is 0 Å². The van der Waals surface area contributed by atoms with Gasteiger partial charge in [-0.2, -0.15) is 0 Å². The number of pyridine rings is 1. The van der Waals surface area contributed by atoms with Crippen LogP contribution in [0.15, 0.2) is 47.1 Å². The molecule has 0 spiro atoms. The summed E-state index contributed by atoms with van der Waals surface area (Å²) >= 11 is 3.41. The maximum atomic E-state index is 10.6. The Labute approximate surface area is 115 Å². The highest BCUT2D eigenvalue weighted by atomic mass is 79.9. The third-order valence-corrected chi connectivity index (χ3v) is 3.40. The molecular formula is C14H15BrN2O. The molecule has 0 bridgehead atoms. The number of rotatable bonds is 3. The van der Waals surface area contributed by atoms with Gasteiger partial charge >= 0.3 is 0 Å². The summed E-state index contributed by atoms with van der Waals surface area (Å²) in [6, 6.07) is 11.3. The second kappa shape index (κ2) is 5.08. The molecule has 1 unspecified atom stereocenters. The van der Waals surface area contributed by atoms with Gasteiger partial charge in [-0.3, -0.25) is 0 Å². The molecular weight excluding hydrogens is 292 g/mol. The van der Waals surface area contributed by atoms with Gasteiger partial charge in [-0.05, 0) is 36.2 Å². The van der Waals surface area contributed by atoms with Crippen LogP contribution >= 0.6 is 15.9 Å². The molecule has 0 saturated heterocycles. The second-order valence-electron chi connectivity index (χ2n) is 4.51. The normalized spacial score (nSPS) is 14.2. The van der Waals surface area contributed by atoms with Crippen molar-refractivity contribution in [3.05, 3.63) is 58.2 Å². The summed E-state index contributed by atoms with van der Waals surface area (Å²) in [5.41, 5.74) is 6.53. The third kappa shape index (κ3) is 2.89. The average Bonchev–Trinajstić information content (AvgIpc) is 2.32. The van der Waals surface area contributed by atoms with Crippen molar-refractivity contribution in [2.24, 2.45) is 0 Å². The molecule has 1 atom stereocenters. The van der Waals surface area contributed by atoms with Gasteiger partial charge in [-0.15, -0.1) is 0 Å². The molecule has 18 heavy (non-hydrogen) atoms. The van der Waals surface area contributed by atoms with E-state index in [1.165, 1.54) is 0 Å². The van der Waals surface area contributed by atoms with Crippen molar-refractivity contribution in [1.29, 1.82) is 0 Å². The summed E-state index contributed by atoms with van der Waals surface area (Å²) < 4.78 is 0.944. The third-order valence-electron chi connectivity index (χ3n) is 2.91. The molecule has 2 rings (SSSR count). The van der Waals surface area contributed by atoms with E-state index in [0.717, 1.165) is 15.6 Å². The van der Waals surface area contributed by atoms with Crippen molar-refractivity contribution in [2.45, 2.75) is 18.9 Å². The van der Waals surface area contributed by atoms with Crippen molar-refractivity contribution < 1.29 is 5.11 Å². The van der Waals surface area contributed by atoms with Gasteiger partial charge < -0.3 is 10.8 Å². The van der Waals surface area contributed by atoms with Gasteiger partial charge in [-0.25, -0.2) is 4.98 Å². The fourth-order valence-corrected chi connectivity index (χ4v) is 2.30. The van der Waals surface area contributed by atoms with Crippen LogP contribution in [0, 0.1) is 0 Å². The Bertz CT molecular complexity index is 555. The zero-order valence-corrected chi connectivity index (χ0v) is 11.7. The van der Waals surface area contributed by atoms with Crippen LogP contribution < -0.4 is 5.73 Å². The number of hydrogen-bond donors (Lipinski definition) is 2. The van der Waals surface area contributed by atoms with Crippen molar-refractivity contribution in [3.8, 4) is 0 Å². The number of aromatic nitrogens is 1. The number of nitrogen functional groups attached to an aromatic ring is 1. The Balaban J connectivity index is 2.30. The Morgan fingerprint density at radius 3 is 2.78 bits per heavy atom. The molecule has 3 N–H and O–H groups in total. The van der Waals surface area contributed by atoms with Crippen LogP contribution in [-0.2, 0) is 12.0 Å². The first-order chi connectivity index (χ1) is 8.49. The van der Waals surface area contributed by atoms with Crippen LogP contribution in [0.1, 0.15) is 18.1 Å². The van der Waals surface area contributed by atoms with Gasteiger partial charge in [0.1, 0.15) is 5.82 Å². The van der Waals surface area contributed by atoms with Crippen LogP contribution in [0.25, 0.3) is 0 Å². The lowest BCUT2D eigenvalue weighted by molar-refractivity contribution is 0.0576. The zero-order chi connectivity index (χ0) is 13.2. The van der Waals surface area contributed by atoms with E-state index >= 15 is 0 Å². The van der Waals surface area contributed by atoms with Crippen LogP contribution in [0.5, 0.6) is 0 Å². The molecule has 3 nitrogen and oxygen atoms in total. The second-order valence-corrected chi connectivity index (χ2v) is 5.42. The number of anilines is 1. The summed E-state index contributed by atoms with van der Waals surface area (Å²) in [7, 11) is 0. The number of benzene rings is 1. The van der Waals surface area contributed by atoms with Crippen LogP contribution in [0.4, 0.5) is 5.82 Å². The maximum Gasteiger partial charge on any atom is 0.126 e. The minimum atomic E-state index is -0.971. The van der Waals surface area contributed by atoms with Crippen molar-refractivity contribution in [2.75, 3.05) is 5.73 Å². The molecule has 1 aromatic carbocycles. The van der Waals surface area contributed by atoms with Crippen LogP contribution in [0.3, 0.4) is 0 Å². The van der Waals surface area contributed by atoms with E-state index in [0.29, 0.717) is 12.2 Å². The first-order valence-corrected chi connectivity index (χ1v) is 6.46. The summed E-state index contributed by atoms with van der Waals surface area (Å²) in [5.74, 6) is 0.466. The molecule has 1 aromatic heterocycles. The first kappa shape index (κ1) is 13.1. The van der Waals surface area contributed by atoms with Gasteiger partial charge in [-0.1, -0.05) is 34.1 Å². The summed E-state index contributed by atoms with van der Waals surface area (Å²) in [6.07, 6.45) is 2.08. The van der Waals surface area contributed by atoms with Gasteiger partial charge in [0, 0.05) is 17.1 Å². The van der Waals surface area contributed by atoms with Gasteiger partial charge in [0.05, 0.1) is 5.60 Å². The van der Waals surface area contributed by atoms with Gasteiger partial charge in [0.2, 0.25) is 0 Å². The van der Waals surface area contributed by atoms with E-state index < -0.39 is 5.60 Å². The maximum absolute atomic E-state index is 10.6. The Kier molecular flexibility index (Phi) is 3.68. The lowest BCUT2D eigenvalue weighted by Crippen LogP contribution is -2.25. The molecule has 0 aliphatic heterocycles. The fourth-order valence-electron chi connectivity index (χ4n) is 1.90. The molecule has 0 amide bonds. The Morgan fingerprint density at radius 2 is 2.11 bits per heavy atom. The zero-order valence-electron chi connectivity index (χ0n) is 10.1. The van der Waals surface area contributed by atoms with E-state index in [9.17, 15) is 5.11 Å². The number of halogens is 1. The van der Waals surface area contributed by atoms with Crippen molar-refractivity contribution in [3.63, 3.8) is 0 Å². The molecule has 0 fully saturated rings. The van der Waals surface area contributed by atoms with Crippen LogP contribution in [-0.4, -0.2) is 10.1 Å². The van der Waals surface area contributed by atoms with E-state index in [2.05, 4.69) is 20.9 Å². The standard InChI is InChI=1S/C14H15BrN2O/c1-14(18,11-5-2-6-12(15)8-11)9-10-4-3-7-17-13(10)16/h2-8,18H,9H2,1H3,(H2,16,17). The average molecular weight is 307 g/mol. The highest BCUT2D eigenvalue weighted by Gasteiger charge is 2.24. The largest absolute Gasteiger partial charge is 0.385 e. The number of hydrogen-bond acceptors (Lipinski definition) is 3. The van der Waals surface area contributed by atoms with Crippen LogP contribution in [0.2, 0.25) is 0 Å². The highest BCUT2D eigenvalue weighted by molar-refractivity contribution is 9.10. The molecule has 0 saturated carbocycles. The first-order valence-electron chi connectivity index (χ1n) is 5.67. The molecule has 2 aromatic rings. The van der Waals surface area contributed by atoms with E-state index in [-0.39, 0.29) is 0 Å². The predicted molar refractivity (Wildman–Crippen MR) is 76.1 cm³/mol. The minimum absolute atomic E-state index is 0.434. The molecule has 0 aliphatic rings. The Morgan fingerprint density at radius 1 is 1.33 bits per heavy atom. The lowest BCUT2D eigenvalue weighted by atomic mass is 9.89. The smallest absolute Gasteiger partial charge is 0.126 e. The topological polar surface area (TPSA) is 59.1 Å². The summed E-state index contributed by atoms with van der Waals surface area (Å²) in [5, 5.41) is 10.6. The SMILES string of the molecule is CC(O)(Cc1cccnc1N)c1cccc(Br)c1. The Hall–Kier alpha value is -1.39. The highest BCUT2D eigenvalue weighted by Crippen LogP contribution is 2.28. The quantitative estimate of drug-likeness (QED) is 0.916. The number of nitrogens with zero attached hydrogens (tertiary/aromatic N) is 1. The fraction of sp³-hybridized carbons (Fsp3) is 0.214. The molecule has 4 heteroatoms. The van der Waals surface area contributed by atoms with Crippen molar-refractivity contribution in [1.82, 2.24) is 4.98 Å². The molecule has 94 valence electrons. The van der Waals surface area contributed by atoms with Gasteiger partial charge in [0.15, 0.2) is 0 Å². The van der Waals surface area contributed by atoms with E-state index in [4.69, 9.17) is 5.73 Å². The van der Waals surface area contributed by atoms with Crippen molar-refractivity contribution >= 4 is 21.7 Å². The lowest BCUT2D eigenvalue weighted by Gasteiger charge is -2.24.